The molecule has 0 saturated carbocycles. The first-order valence-corrected chi connectivity index (χ1v) is 8.90. The third-order valence-corrected chi connectivity index (χ3v) is 5.02. The number of hydrogen-bond acceptors (Lipinski definition) is 5. The average Bonchev–Trinajstić information content (AvgIpc) is 3.03. The van der Waals surface area contributed by atoms with Gasteiger partial charge in [0.2, 0.25) is 0 Å². The number of amides is 1. The van der Waals surface area contributed by atoms with E-state index in [0.29, 0.717) is 21.0 Å². The molecule has 25 heavy (non-hydrogen) atoms. The molecular formula is C17H16ClN3O3S. The molecule has 0 aliphatic carbocycles. The highest BCUT2D eigenvalue weighted by atomic mass is 35.5. The monoisotopic (exact) mass is 377 g/mol. The highest BCUT2D eigenvalue weighted by Gasteiger charge is 2.17. The predicted octanol–water partition coefficient (Wildman–Crippen LogP) is 3.21. The molecule has 6 nitrogen and oxygen atoms in total. The lowest BCUT2D eigenvalue weighted by molar-refractivity contribution is -0.123. The summed E-state index contributed by atoms with van der Waals surface area (Å²) < 4.78 is 6.63. The van der Waals surface area contributed by atoms with Crippen LogP contribution in [-0.2, 0) is 11.2 Å². The third-order valence-electron chi connectivity index (χ3n) is 3.58. The Kier molecular flexibility index (Phi) is 5.06. The maximum absolute atomic E-state index is 12.5. The molecule has 1 aromatic carbocycles. The van der Waals surface area contributed by atoms with E-state index in [4.69, 9.17) is 16.3 Å². The summed E-state index contributed by atoms with van der Waals surface area (Å²) in [5.74, 6) is 0.0579. The molecule has 8 heteroatoms. The summed E-state index contributed by atoms with van der Waals surface area (Å²) in [6.07, 6.45) is 1.35. The van der Waals surface area contributed by atoms with Crippen LogP contribution in [0.1, 0.15) is 18.7 Å². The average molecular weight is 378 g/mol. The Labute approximate surface area is 153 Å². The SMILES string of the molecule is CCc1cc2c(=O)n(NC(=O)[C@@H](C)Oc3ccc(Cl)cc3)cnc2s1. The Balaban J connectivity index is 1.75. The minimum Gasteiger partial charge on any atom is -0.481 e. The highest BCUT2D eigenvalue weighted by Crippen LogP contribution is 2.21. The molecule has 3 aromatic rings. The Bertz CT molecular complexity index is 965. The molecule has 0 aliphatic heterocycles. The van der Waals surface area contributed by atoms with Crippen LogP contribution in [0.3, 0.4) is 0 Å². The van der Waals surface area contributed by atoms with Gasteiger partial charge < -0.3 is 4.74 Å². The number of carbonyl (C=O) groups excluding carboxylic acids is 1. The number of halogens is 1. The maximum atomic E-state index is 12.5. The molecule has 0 bridgehead atoms. The zero-order valence-corrected chi connectivity index (χ0v) is 15.2. The van der Waals surface area contributed by atoms with Crippen molar-refractivity contribution >= 4 is 39.1 Å². The molecule has 1 N–H and O–H groups in total. The van der Waals surface area contributed by atoms with Crippen LogP contribution in [0.5, 0.6) is 5.75 Å². The van der Waals surface area contributed by atoms with Crippen molar-refractivity contribution in [3.63, 3.8) is 0 Å². The van der Waals surface area contributed by atoms with E-state index in [2.05, 4.69) is 10.4 Å². The van der Waals surface area contributed by atoms with E-state index >= 15 is 0 Å². The van der Waals surface area contributed by atoms with E-state index in [1.54, 1.807) is 31.2 Å². The fraction of sp³-hybridized carbons (Fsp3) is 0.235. The molecule has 2 aromatic heterocycles. The van der Waals surface area contributed by atoms with Crippen LogP contribution in [0.25, 0.3) is 10.2 Å². The Morgan fingerprint density at radius 2 is 2.12 bits per heavy atom. The number of thiophene rings is 1. The lowest BCUT2D eigenvalue weighted by Gasteiger charge is -2.15. The number of nitrogens with one attached hydrogen (secondary N) is 1. The minimum atomic E-state index is -0.794. The van der Waals surface area contributed by atoms with Gasteiger partial charge in [0.15, 0.2) is 6.10 Å². The molecule has 0 saturated heterocycles. The molecule has 0 spiro atoms. The van der Waals surface area contributed by atoms with E-state index in [0.717, 1.165) is 16.0 Å². The van der Waals surface area contributed by atoms with Gasteiger partial charge in [-0.2, -0.15) is 0 Å². The van der Waals surface area contributed by atoms with Crippen LogP contribution in [0.15, 0.2) is 41.5 Å². The first-order valence-electron chi connectivity index (χ1n) is 7.71. The van der Waals surface area contributed by atoms with Crippen LogP contribution in [0.4, 0.5) is 0 Å². The number of carbonyl (C=O) groups is 1. The van der Waals surface area contributed by atoms with Gasteiger partial charge in [0.25, 0.3) is 11.5 Å². The minimum absolute atomic E-state index is 0.312. The number of ether oxygens (including phenoxy) is 1. The smallest absolute Gasteiger partial charge is 0.280 e. The number of rotatable bonds is 5. The number of hydrogen-bond donors (Lipinski definition) is 1. The number of aromatic nitrogens is 2. The van der Waals surface area contributed by atoms with Gasteiger partial charge in [0.1, 0.15) is 16.9 Å². The first-order chi connectivity index (χ1) is 12.0. The second kappa shape index (κ2) is 7.25. The van der Waals surface area contributed by atoms with Crippen LogP contribution in [-0.4, -0.2) is 21.7 Å². The van der Waals surface area contributed by atoms with Gasteiger partial charge in [-0.05, 0) is 43.7 Å². The van der Waals surface area contributed by atoms with Crippen molar-refractivity contribution in [3.05, 3.63) is 56.9 Å². The number of aryl methyl sites for hydroxylation is 1. The maximum Gasteiger partial charge on any atom is 0.280 e. The third kappa shape index (κ3) is 3.83. The molecule has 3 rings (SSSR count). The Morgan fingerprint density at radius 1 is 1.40 bits per heavy atom. The standard InChI is InChI=1S/C17H16ClN3O3S/c1-3-13-8-14-16(25-13)19-9-21(17(14)23)20-15(22)10(2)24-12-6-4-11(18)5-7-12/h4-10H,3H2,1-2H3,(H,20,22)/t10-/m1/s1. The number of nitrogens with zero attached hydrogens (tertiary/aromatic N) is 2. The molecule has 0 aliphatic rings. The van der Waals surface area contributed by atoms with Gasteiger partial charge in [0, 0.05) is 9.90 Å². The lowest BCUT2D eigenvalue weighted by atomic mass is 10.3. The van der Waals surface area contributed by atoms with Crippen molar-refractivity contribution in [1.82, 2.24) is 9.66 Å². The largest absolute Gasteiger partial charge is 0.481 e. The van der Waals surface area contributed by atoms with E-state index < -0.39 is 12.0 Å². The van der Waals surface area contributed by atoms with E-state index in [-0.39, 0.29) is 5.56 Å². The van der Waals surface area contributed by atoms with Crippen molar-refractivity contribution in [3.8, 4) is 5.75 Å². The van der Waals surface area contributed by atoms with Gasteiger partial charge in [-0.3, -0.25) is 15.0 Å². The first kappa shape index (κ1) is 17.4. The summed E-state index contributed by atoms with van der Waals surface area (Å²) >= 11 is 7.29. The number of benzene rings is 1. The van der Waals surface area contributed by atoms with Crippen molar-refractivity contribution in [1.29, 1.82) is 0 Å². The van der Waals surface area contributed by atoms with E-state index in [9.17, 15) is 9.59 Å². The van der Waals surface area contributed by atoms with E-state index in [1.165, 1.54) is 17.7 Å². The normalized spacial score (nSPS) is 12.1. The zero-order valence-electron chi connectivity index (χ0n) is 13.7. The summed E-state index contributed by atoms with van der Waals surface area (Å²) in [6.45, 7) is 3.61. The van der Waals surface area contributed by atoms with Gasteiger partial charge in [-0.25, -0.2) is 9.66 Å². The van der Waals surface area contributed by atoms with Crippen molar-refractivity contribution in [2.24, 2.45) is 0 Å². The molecule has 130 valence electrons. The fourth-order valence-electron chi connectivity index (χ4n) is 2.21. The van der Waals surface area contributed by atoms with Crippen LogP contribution in [0, 0.1) is 0 Å². The molecule has 0 unspecified atom stereocenters. The van der Waals surface area contributed by atoms with Gasteiger partial charge in [-0.15, -0.1) is 11.3 Å². The van der Waals surface area contributed by atoms with Crippen molar-refractivity contribution < 1.29 is 9.53 Å². The van der Waals surface area contributed by atoms with Crippen LogP contribution >= 0.6 is 22.9 Å². The quantitative estimate of drug-likeness (QED) is 0.741. The molecule has 0 fully saturated rings. The Hall–Kier alpha value is -2.38. The van der Waals surface area contributed by atoms with Crippen LogP contribution < -0.4 is 15.7 Å². The zero-order chi connectivity index (χ0) is 18.0. The lowest BCUT2D eigenvalue weighted by Crippen LogP contribution is -2.39. The fourth-order valence-corrected chi connectivity index (χ4v) is 3.26. The van der Waals surface area contributed by atoms with Gasteiger partial charge >= 0.3 is 0 Å². The summed E-state index contributed by atoms with van der Waals surface area (Å²) in [5, 5.41) is 1.08. The highest BCUT2D eigenvalue weighted by molar-refractivity contribution is 7.18. The van der Waals surface area contributed by atoms with Crippen LogP contribution in [0.2, 0.25) is 5.02 Å². The molecular weight excluding hydrogens is 362 g/mol. The Morgan fingerprint density at radius 3 is 2.80 bits per heavy atom. The summed E-state index contributed by atoms with van der Waals surface area (Å²) in [6, 6.07) is 8.50. The van der Waals surface area contributed by atoms with Crippen molar-refractivity contribution in [2.45, 2.75) is 26.4 Å². The van der Waals surface area contributed by atoms with Gasteiger partial charge in [-0.1, -0.05) is 18.5 Å². The van der Waals surface area contributed by atoms with E-state index in [1.807, 2.05) is 13.0 Å². The summed E-state index contributed by atoms with van der Waals surface area (Å²) in [7, 11) is 0. The topological polar surface area (TPSA) is 73.2 Å². The molecule has 2 heterocycles. The molecule has 0 radical (unpaired) electrons. The second-order valence-corrected chi connectivity index (χ2v) is 6.95. The second-order valence-electron chi connectivity index (χ2n) is 5.39. The molecule has 1 amide bonds. The van der Waals surface area contributed by atoms with Gasteiger partial charge in [0.05, 0.1) is 5.39 Å². The summed E-state index contributed by atoms with van der Waals surface area (Å²) in [4.78, 5) is 30.7. The molecule has 1 atom stereocenters. The van der Waals surface area contributed by atoms with Crippen molar-refractivity contribution in [2.75, 3.05) is 5.43 Å². The summed E-state index contributed by atoms with van der Waals surface area (Å²) in [5.41, 5.74) is 2.21. The predicted molar refractivity (Wildman–Crippen MR) is 99.2 cm³/mol. The number of fused-ring (bicyclic) bond motifs is 1.